The molecular formula is C26H43N3O5. The Hall–Kier alpha value is -2.61. The van der Waals surface area contributed by atoms with E-state index in [0.29, 0.717) is 5.56 Å². The SMILES string of the molecule is Cc1ccc(C(C(=O)NC(C)(C)C)N(CCO)C(=O)C(NC(=O)OC(C)(C)C)C(C)C)c(C)c1. The quantitative estimate of drug-likeness (QED) is 0.530. The topological polar surface area (TPSA) is 108 Å². The Kier molecular flexibility index (Phi) is 10.1. The summed E-state index contributed by atoms with van der Waals surface area (Å²) >= 11 is 0. The van der Waals surface area contributed by atoms with E-state index in [1.807, 2.05) is 52.8 Å². The smallest absolute Gasteiger partial charge is 0.408 e. The van der Waals surface area contributed by atoms with Gasteiger partial charge in [-0.15, -0.1) is 0 Å². The first kappa shape index (κ1) is 29.4. The van der Waals surface area contributed by atoms with Crippen LogP contribution in [0.25, 0.3) is 0 Å². The second-order valence-corrected chi connectivity index (χ2v) is 11.1. The first-order valence-electron chi connectivity index (χ1n) is 11.8. The summed E-state index contributed by atoms with van der Waals surface area (Å²) in [5.74, 6) is -1.11. The van der Waals surface area contributed by atoms with Crippen LogP contribution < -0.4 is 10.6 Å². The molecule has 0 bridgehead atoms. The number of aryl methyl sites for hydroxylation is 2. The summed E-state index contributed by atoms with van der Waals surface area (Å²) < 4.78 is 5.35. The number of benzene rings is 1. The average molecular weight is 478 g/mol. The molecule has 0 aliphatic carbocycles. The average Bonchev–Trinajstić information content (AvgIpc) is 2.63. The zero-order valence-electron chi connectivity index (χ0n) is 22.4. The van der Waals surface area contributed by atoms with Crippen molar-refractivity contribution >= 4 is 17.9 Å². The molecule has 0 aromatic heterocycles. The lowest BCUT2D eigenvalue weighted by Crippen LogP contribution is -2.56. The fourth-order valence-corrected chi connectivity index (χ4v) is 3.62. The number of alkyl carbamates (subject to hydrolysis) is 1. The predicted molar refractivity (Wildman–Crippen MR) is 133 cm³/mol. The molecule has 0 fully saturated rings. The van der Waals surface area contributed by atoms with Crippen LogP contribution >= 0.6 is 0 Å². The lowest BCUT2D eigenvalue weighted by Gasteiger charge is -2.37. The number of aliphatic hydroxyl groups is 1. The third kappa shape index (κ3) is 8.97. The van der Waals surface area contributed by atoms with Gasteiger partial charge >= 0.3 is 6.09 Å². The molecule has 0 heterocycles. The number of hydrogen-bond donors (Lipinski definition) is 3. The zero-order valence-corrected chi connectivity index (χ0v) is 22.4. The molecule has 0 saturated carbocycles. The summed E-state index contributed by atoms with van der Waals surface area (Å²) in [5.41, 5.74) is 1.28. The molecule has 1 aromatic carbocycles. The number of rotatable bonds is 8. The van der Waals surface area contributed by atoms with E-state index in [4.69, 9.17) is 4.74 Å². The minimum atomic E-state index is -0.985. The van der Waals surface area contributed by atoms with Crippen LogP contribution in [0, 0.1) is 19.8 Å². The number of carbonyl (C=O) groups is 3. The Balaban J connectivity index is 3.51. The van der Waals surface area contributed by atoms with Crippen molar-refractivity contribution in [2.24, 2.45) is 5.92 Å². The number of hydrogen-bond acceptors (Lipinski definition) is 5. The molecule has 0 spiro atoms. The van der Waals surface area contributed by atoms with Crippen molar-refractivity contribution in [1.82, 2.24) is 15.5 Å². The third-order valence-corrected chi connectivity index (χ3v) is 5.01. The van der Waals surface area contributed by atoms with Gasteiger partial charge in [0.2, 0.25) is 11.8 Å². The van der Waals surface area contributed by atoms with Crippen molar-refractivity contribution in [3.8, 4) is 0 Å². The summed E-state index contributed by atoms with van der Waals surface area (Å²) in [5, 5.41) is 15.5. The Morgan fingerprint density at radius 3 is 2.09 bits per heavy atom. The number of carbonyl (C=O) groups excluding carboxylic acids is 3. The van der Waals surface area contributed by atoms with Gasteiger partial charge < -0.3 is 25.4 Å². The largest absolute Gasteiger partial charge is 0.444 e. The first-order valence-corrected chi connectivity index (χ1v) is 11.8. The lowest BCUT2D eigenvalue weighted by atomic mass is 9.94. The van der Waals surface area contributed by atoms with E-state index in [1.54, 1.807) is 34.6 Å². The van der Waals surface area contributed by atoms with Crippen molar-refractivity contribution in [3.63, 3.8) is 0 Å². The molecule has 1 rings (SSSR count). The molecule has 192 valence electrons. The van der Waals surface area contributed by atoms with E-state index in [9.17, 15) is 19.5 Å². The van der Waals surface area contributed by atoms with Crippen LogP contribution in [0.5, 0.6) is 0 Å². The van der Waals surface area contributed by atoms with Crippen LogP contribution in [0.2, 0.25) is 0 Å². The summed E-state index contributed by atoms with van der Waals surface area (Å²) in [6.07, 6.45) is -0.717. The fraction of sp³-hybridized carbons (Fsp3) is 0.654. The number of aliphatic hydroxyl groups excluding tert-OH is 1. The van der Waals surface area contributed by atoms with E-state index < -0.39 is 35.2 Å². The summed E-state index contributed by atoms with van der Waals surface area (Å²) in [6.45, 7) is 17.8. The second-order valence-electron chi connectivity index (χ2n) is 11.1. The highest BCUT2D eigenvalue weighted by Gasteiger charge is 2.38. The Labute approximate surface area is 204 Å². The minimum absolute atomic E-state index is 0.0758. The number of nitrogens with one attached hydrogen (secondary N) is 2. The molecule has 2 atom stereocenters. The second kappa shape index (κ2) is 11.7. The molecule has 0 aliphatic heterocycles. The molecule has 1 aromatic rings. The summed E-state index contributed by atoms with van der Waals surface area (Å²) in [6, 6.07) is 3.74. The van der Waals surface area contributed by atoms with Gasteiger partial charge in [0, 0.05) is 12.1 Å². The van der Waals surface area contributed by atoms with Gasteiger partial charge in [-0.2, -0.15) is 0 Å². The molecule has 0 saturated heterocycles. The van der Waals surface area contributed by atoms with E-state index in [-0.39, 0.29) is 25.0 Å². The standard InChI is InChI=1S/C26H43N3O5/c1-16(2)20(27-24(33)34-26(8,9)10)23(32)29(13-14-30)21(22(31)28-25(5,6)7)19-12-11-17(3)15-18(19)4/h11-12,15-16,20-21,30H,13-14H2,1-10H3,(H,27,33)(H,28,31). The number of amides is 3. The van der Waals surface area contributed by atoms with Gasteiger partial charge in [0.05, 0.1) is 6.61 Å². The number of nitrogens with zero attached hydrogens (tertiary/aromatic N) is 1. The molecule has 8 nitrogen and oxygen atoms in total. The maximum Gasteiger partial charge on any atom is 0.408 e. The van der Waals surface area contributed by atoms with Gasteiger partial charge in [0.25, 0.3) is 0 Å². The van der Waals surface area contributed by atoms with Gasteiger partial charge in [-0.25, -0.2) is 4.79 Å². The molecule has 8 heteroatoms. The van der Waals surface area contributed by atoms with Crippen molar-refractivity contribution < 1.29 is 24.2 Å². The molecule has 3 N–H and O–H groups in total. The van der Waals surface area contributed by atoms with E-state index >= 15 is 0 Å². The highest BCUT2D eigenvalue weighted by Crippen LogP contribution is 2.27. The lowest BCUT2D eigenvalue weighted by molar-refractivity contribution is -0.144. The zero-order chi connectivity index (χ0) is 26.4. The molecule has 2 unspecified atom stereocenters. The van der Waals surface area contributed by atoms with Crippen LogP contribution in [0.15, 0.2) is 18.2 Å². The molecule has 3 amide bonds. The normalized spacial score (nSPS) is 13.8. The Morgan fingerprint density at radius 2 is 1.65 bits per heavy atom. The van der Waals surface area contributed by atoms with E-state index in [1.165, 1.54) is 4.90 Å². The maximum absolute atomic E-state index is 13.8. The molecule has 0 radical (unpaired) electrons. The maximum atomic E-state index is 13.8. The predicted octanol–water partition coefficient (Wildman–Crippen LogP) is 3.63. The van der Waals surface area contributed by atoms with Crippen molar-refractivity contribution in [3.05, 3.63) is 34.9 Å². The monoisotopic (exact) mass is 477 g/mol. The van der Waals surface area contributed by atoms with Crippen molar-refractivity contribution in [1.29, 1.82) is 0 Å². The molecular weight excluding hydrogens is 434 g/mol. The minimum Gasteiger partial charge on any atom is -0.444 e. The van der Waals surface area contributed by atoms with Crippen LogP contribution in [-0.2, 0) is 14.3 Å². The van der Waals surface area contributed by atoms with Gasteiger partial charge in [0.15, 0.2) is 0 Å². The molecule has 0 aliphatic rings. The highest BCUT2D eigenvalue weighted by atomic mass is 16.6. The Bertz CT molecular complexity index is 868. The van der Waals surface area contributed by atoms with Crippen LogP contribution in [0.4, 0.5) is 4.79 Å². The van der Waals surface area contributed by atoms with Crippen LogP contribution in [0.1, 0.15) is 78.1 Å². The van der Waals surface area contributed by atoms with Gasteiger partial charge in [0.1, 0.15) is 17.7 Å². The van der Waals surface area contributed by atoms with Gasteiger partial charge in [-0.1, -0.05) is 37.6 Å². The Morgan fingerprint density at radius 1 is 1.06 bits per heavy atom. The molecule has 34 heavy (non-hydrogen) atoms. The first-order chi connectivity index (χ1) is 15.5. The number of ether oxygens (including phenoxy) is 1. The highest BCUT2D eigenvalue weighted by molar-refractivity contribution is 5.92. The third-order valence-electron chi connectivity index (χ3n) is 5.01. The van der Waals surface area contributed by atoms with Gasteiger partial charge in [-0.05, 0) is 72.4 Å². The van der Waals surface area contributed by atoms with Crippen LogP contribution in [0.3, 0.4) is 0 Å². The summed E-state index contributed by atoms with van der Waals surface area (Å²) in [7, 11) is 0. The van der Waals surface area contributed by atoms with Gasteiger partial charge in [-0.3, -0.25) is 9.59 Å². The fourth-order valence-electron chi connectivity index (χ4n) is 3.62. The van der Waals surface area contributed by atoms with Crippen molar-refractivity contribution in [2.45, 2.75) is 92.5 Å². The summed E-state index contributed by atoms with van der Waals surface area (Å²) in [4.78, 5) is 41.2. The van der Waals surface area contributed by atoms with E-state index in [2.05, 4.69) is 10.6 Å². The van der Waals surface area contributed by atoms with Crippen molar-refractivity contribution in [2.75, 3.05) is 13.2 Å². The van der Waals surface area contributed by atoms with E-state index in [0.717, 1.165) is 11.1 Å². The van der Waals surface area contributed by atoms with Crippen LogP contribution in [-0.4, -0.2) is 58.2 Å².